The van der Waals surface area contributed by atoms with Crippen LogP contribution in [0.25, 0.3) is 11.3 Å². The van der Waals surface area contributed by atoms with Crippen LogP contribution >= 0.6 is 24.8 Å². The lowest BCUT2D eigenvalue weighted by Crippen LogP contribution is -2.39. The number of ether oxygens (including phenoxy) is 2. The summed E-state index contributed by atoms with van der Waals surface area (Å²) in [6.07, 6.45) is 4.66. The number of oxazole rings is 1. The van der Waals surface area contributed by atoms with Crippen LogP contribution in [0.15, 0.2) is 29.0 Å². The molecule has 2 atom stereocenters. The van der Waals surface area contributed by atoms with Crippen LogP contribution in [0, 0.1) is 0 Å². The molecule has 0 aliphatic carbocycles. The first kappa shape index (κ1) is 20.8. The van der Waals surface area contributed by atoms with E-state index in [0.29, 0.717) is 48.3 Å². The van der Waals surface area contributed by atoms with Crippen molar-refractivity contribution in [3.63, 3.8) is 0 Å². The number of nitrogens with zero attached hydrogens (tertiary/aromatic N) is 2. The fraction of sp³-hybridized carbons (Fsp3) is 0.474. The Morgan fingerprint density at radius 1 is 1.07 bits per heavy atom. The van der Waals surface area contributed by atoms with Gasteiger partial charge >= 0.3 is 0 Å². The Balaban J connectivity index is 0.00000112. The lowest BCUT2D eigenvalue weighted by atomic mass is 10.1. The Morgan fingerprint density at radius 3 is 2.71 bits per heavy atom. The molecule has 2 fully saturated rings. The highest BCUT2D eigenvalue weighted by molar-refractivity contribution is 5.97. The number of rotatable bonds is 2. The standard InChI is InChI=1S/C19H21N3O4.2ClH/c23-19(22-6-5-13-2-3-14(10-22)21-13)17-18(26-11-20-17)12-1-4-15-16(9-12)25-8-7-24-15;;/h1,4,9,11,13-14,21H,2-3,5-8,10H2;2*1H. The van der Waals surface area contributed by atoms with E-state index >= 15 is 0 Å². The van der Waals surface area contributed by atoms with Gasteiger partial charge in [-0.3, -0.25) is 4.79 Å². The van der Waals surface area contributed by atoms with Crippen molar-refractivity contribution < 1.29 is 18.7 Å². The quantitative estimate of drug-likeness (QED) is 0.793. The van der Waals surface area contributed by atoms with Gasteiger partial charge in [0, 0.05) is 30.7 Å². The van der Waals surface area contributed by atoms with Crippen LogP contribution in [0.3, 0.4) is 0 Å². The highest BCUT2D eigenvalue weighted by Crippen LogP contribution is 2.36. The first-order chi connectivity index (χ1) is 12.8. The van der Waals surface area contributed by atoms with Gasteiger partial charge in [-0.15, -0.1) is 24.8 Å². The fourth-order valence-electron chi connectivity index (χ4n) is 4.07. The summed E-state index contributed by atoms with van der Waals surface area (Å²) in [5.74, 6) is 1.79. The SMILES string of the molecule is Cl.Cl.O=C(c1ncoc1-c1ccc2c(c1)OCCO2)N1CCC2CCC(C1)N2. The normalized spacial score (nSPS) is 22.6. The van der Waals surface area contributed by atoms with E-state index < -0.39 is 0 Å². The molecule has 1 aromatic carbocycles. The first-order valence-electron chi connectivity index (χ1n) is 9.17. The van der Waals surface area contributed by atoms with Crippen LogP contribution in [0.4, 0.5) is 0 Å². The molecule has 9 heteroatoms. The van der Waals surface area contributed by atoms with E-state index in [9.17, 15) is 4.79 Å². The first-order valence-corrected chi connectivity index (χ1v) is 9.17. The minimum atomic E-state index is -0.0713. The van der Waals surface area contributed by atoms with E-state index in [0.717, 1.165) is 31.5 Å². The van der Waals surface area contributed by atoms with Gasteiger partial charge in [0.1, 0.15) is 13.2 Å². The van der Waals surface area contributed by atoms with Gasteiger partial charge in [-0.2, -0.15) is 0 Å². The maximum atomic E-state index is 13.1. The van der Waals surface area contributed by atoms with Gasteiger partial charge < -0.3 is 24.1 Å². The fourth-order valence-corrected chi connectivity index (χ4v) is 4.07. The van der Waals surface area contributed by atoms with Crippen molar-refractivity contribution in [1.82, 2.24) is 15.2 Å². The summed E-state index contributed by atoms with van der Waals surface area (Å²) in [5, 5.41) is 3.60. The van der Waals surface area contributed by atoms with Gasteiger partial charge in [0.2, 0.25) is 0 Å². The molecule has 0 saturated carbocycles. The van der Waals surface area contributed by atoms with E-state index in [4.69, 9.17) is 13.9 Å². The van der Waals surface area contributed by atoms with Crippen molar-refractivity contribution in [2.45, 2.75) is 31.3 Å². The Bertz CT molecular complexity index is 844. The zero-order valence-electron chi connectivity index (χ0n) is 15.3. The minimum Gasteiger partial charge on any atom is -0.486 e. The Morgan fingerprint density at radius 2 is 1.86 bits per heavy atom. The summed E-state index contributed by atoms with van der Waals surface area (Å²) in [6, 6.07) is 6.48. The number of amides is 1. The third-order valence-electron chi connectivity index (χ3n) is 5.38. The molecule has 7 nitrogen and oxygen atoms in total. The molecular formula is C19H23Cl2N3O4. The van der Waals surface area contributed by atoms with Crippen LogP contribution < -0.4 is 14.8 Å². The topological polar surface area (TPSA) is 76.8 Å². The number of carbonyl (C=O) groups excluding carboxylic acids is 1. The van der Waals surface area contributed by atoms with E-state index in [2.05, 4.69) is 10.3 Å². The summed E-state index contributed by atoms with van der Waals surface area (Å²) >= 11 is 0. The van der Waals surface area contributed by atoms with E-state index in [1.165, 1.54) is 12.8 Å². The number of carbonyl (C=O) groups is 1. The highest BCUT2D eigenvalue weighted by Gasteiger charge is 2.33. The Kier molecular flexibility index (Phi) is 6.37. The highest BCUT2D eigenvalue weighted by atomic mass is 35.5. The van der Waals surface area contributed by atoms with Crippen molar-refractivity contribution in [1.29, 1.82) is 0 Å². The average Bonchev–Trinajstić information content (AvgIpc) is 3.27. The van der Waals surface area contributed by atoms with Crippen molar-refractivity contribution in [2.75, 3.05) is 26.3 Å². The largest absolute Gasteiger partial charge is 0.486 e. The zero-order valence-corrected chi connectivity index (χ0v) is 16.9. The lowest BCUT2D eigenvalue weighted by molar-refractivity contribution is 0.0743. The van der Waals surface area contributed by atoms with Gasteiger partial charge in [0.25, 0.3) is 5.91 Å². The molecule has 0 spiro atoms. The summed E-state index contributed by atoms with van der Waals surface area (Å²) in [7, 11) is 0. The molecule has 3 aliphatic rings. The van der Waals surface area contributed by atoms with Gasteiger partial charge in [-0.05, 0) is 37.5 Å². The minimum absolute atomic E-state index is 0. The summed E-state index contributed by atoms with van der Waals surface area (Å²) in [6.45, 7) is 2.54. The van der Waals surface area contributed by atoms with E-state index in [1.54, 1.807) is 0 Å². The Hall–Kier alpha value is -1.96. The smallest absolute Gasteiger partial charge is 0.276 e. The summed E-state index contributed by atoms with van der Waals surface area (Å²) in [5.41, 5.74) is 1.13. The molecule has 1 amide bonds. The maximum absolute atomic E-state index is 13.1. The van der Waals surface area contributed by atoms with Crippen molar-refractivity contribution in [3.8, 4) is 22.8 Å². The number of hydrogen-bond acceptors (Lipinski definition) is 6. The summed E-state index contributed by atoms with van der Waals surface area (Å²) < 4.78 is 16.8. The van der Waals surface area contributed by atoms with Crippen LogP contribution in [0.5, 0.6) is 11.5 Å². The van der Waals surface area contributed by atoms with Crippen LogP contribution in [-0.2, 0) is 0 Å². The van der Waals surface area contributed by atoms with Crippen molar-refractivity contribution in [2.24, 2.45) is 0 Å². The average molecular weight is 428 g/mol. The van der Waals surface area contributed by atoms with Crippen molar-refractivity contribution in [3.05, 3.63) is 30.3 Å². The zero-order chi connectivity index (χ0) is 17.5. The van der Waals surface area contributed by atoms with Gasteiger partial charge in [0.15, 0.2) is 29.3 Å². The second kappa shape index (κ2) is 8.59. The number of fused-ring (bicyclic) bond motifs is 3. The Labute approximate surface area is 175 Å². The number of hydrogen-bond donors (Lipinski definition) is 1. The molecule has 4 heterocycles. The monoisotopic (exact) mass is 427 g/mol. The molecule has 3 aliphatic heterocycles. The molecular weight excluding hydrogens is 405 g/mol. The molecule has 1 aromatic heterocycles. The predicted molar refractivity (Wildman–Crippen MR) is 108 cm³/mol. The van der Waals surface area contributed by atoms with Crippen LogP contribution in [0.2, 0.25) is 0 Å². The number of aromatic nitrogens is 1. The second-order valence-corrected chi connectivity index (χ2v) is 7.07. The number of halogens is 2. The molecule has 2 aromatic rings. The van der Waals surface area contributed by atoms with E-state index in [-0.39, 0.29) is 30.7 Å². The molecule has 2 bridgehead atoms. The summed E-state index contributed by atoms with van der Waals surface area (Å²) in [4.78, 5) is 19.2. The third-order valence-corrected chi connectivity index (χ3v) is 5.38. The van der Waals surface area contributed by atoms with Crippen LogP contribution in [0.1, 0.15) is 29.8 Å². The third kappa shape index (κ3) is 3.79. The molecule has 0 radical (unpaired) electrons. The van der Waals surface area contributed by atoms with Gasteiger partial charge in [-0.25, -0.2) is 4.98 Å². The molecule has 152 valence electrons. The molecule has 2 saturated heterocycles. The predicted octanol–water partition coefficient (Wildman–Crippen LogP) is 2.92. The second-order valence-electron chi connectivity index (χ2n) is 7.07. The lowest BCUT2D eigenvalue weighted by Gasteiger charge is -2.23. The number of likely N-dealkylation sites (tertiary alicyclic amines) is 1. The number of nitrogens with one attached hydrogen (secondary N) is 1. The maximum Gasteiger partial charge on any atom is 0.276 e. The van der Waals surface area contributed by atoms with Gasteiger partial charge in [0.05, 0.1) is 0 Å². The molecule has 1 N–H and O–H groups in total. The van der Waals surface area contributed by atoms with Crippen molar-refractivity contribution >= 4 is 30.7 Å². The van der Waals surface area contributed by atoms with Gasteiger partial charge in [-0.1, -0.05) is 0 Å². The molecule has 5 rings (SSSR count). The molecule has 2 unspecified atom stereocenters. The van der Waals surface area contributed by atoms with Crippen LogP contribution in [-0.4, -0.2) is 54.2 Å². The van der Waals surface area contributed by atoms with E-state index in [1.807, 2.05) is 23.1 Å². The molecule has 28 heavy (non-hydrogen) atoms. The number of benzene rings is 1.